The van der Waals surface area contributed by atoms with E-state index in [1.807, 2.05) is 0 Å². The Balaban J connectivity index is 2.11. The van der Waals surface area contributed by atoms with Crippen molar-refractivity contribution >= 4 is 11.9 Å². The molecule has 2 aromatic heterocycles. The molecule has 3 aromatic rings. The molecule has 7 nitrogen and oxygen atoms in total. The summed E-state index contributed by atoms with van der Waals surface area (Å²) in [6, 6.07) is 9.87. The van der Waals surface area contributed by atoms with Gasteiger partial charge in [-0.2, -0.15) is 4.39 Å². The van der Waals surface area contributed by atoms with E-state index in [9.17, 15) is 14.0 Å². The van der Waals surface area contributed by atoms with Gasteiger partial charge in [-0.15, -0.1) is 0 Å². The highest BCUT2D eigenvalue weighted by Crippen LogP contribution is 2.23. The van der Waals surface area contributed by atoms with Gasteiger partial charge in [-0.05, 0) is 29.3 Å². The molecule has 0 saturated carbocycles. The molecule has 0 spiro atoms. The van der Waals surface area contributed by atoms with E-state index in [2.05, 4.69) is 14.7 Å². The number of primary amides is 1. The quantitative estimate of drug-likeness (QED) is 0.578. The summed E-state index contributed by atoms with van der Waals surface area (Å²) in [5, 5.41) is 0. The summed E-state index contributed by atoms with van der Waals surface area (Å²) in [6.45, 7) is 0. The fourth-order valence-corrected chi connectivity index (χ4v) is 2.37. The maximum atomic E-state index is 13.3. The van der Waals surface area contributed by atoms with Gasteiger partial charge in [0.15, 0.2) is 5.69 Å². The zero-order valence-electron chi connectivity index (χ0n) is 13.1. The predicted molar refractivity (Wildman–Crippen MR) is 86.6 cm³/mol. The first-order valence-corrected chi connectivity index (χ1v) is 7.19. The Morgan fingerprint density at radius 1 is 1.20 bits per heavy atom. The van der Waals surface area contributed by atoms with Crippen LogP contribution in [0.5, 0.6) is 0 Å². The van der Waals surface area contributed by atoms with Crippen molar-refractivity contribution in [3.8, 4) is 16.8 Å². The number of carbonyl (C=O) groups is 2. The summed E-state index contributed by atoms with van der Waals surface area (Å²) in [4.78, 5) is 30.7. The highest BCUT2D eigenvalue weighted by Gasteiger charge is 2.19. The number of hydrogen-bond acceptors (Lipinski definition) is 5. The Labute approximate surface area is 141 Å². The molecule has 0 fully saturated rings. The summed E-state index contributed by atoms with van der Waals surface area (Å²) in [7, 11) is 1.21. The van der Waals surface area contributed by atoms with Crippen molar-refractivity contribution in [3.05, 3.63) is 66.3 Å². The van der Waals surface area contributed by atoms with Gasteiger partial charge in [0.25, 0.3) is 5.91 Å². The average Bonchev–Trinajstić information content (AvgIpc) is 3.07. The van der Waals surface area contributed by atoms with Crippen LogP contribution in [0.3, 0.4) is 0 Å². The second-order valence-electron chi connectivity index (χ2n) is 5.09. The third-order valence-corrected chi connectivity index (χ3v) is 3.51. The first-order chi connectivity index (χ1) is 12.0. The summed E-state index contributed by atoms with van der Waals surface area (Å²) in [5.41, 5.74) is 7.14. The Morgan fingerprint density at radius 3 is 2.64 bits per heavy atom. The average molecular weight is 340 g/mol. The van der Waals surface area contributed by atoms with Crippen LogP contribution in [0.4, 0.5) is 4.39 Å². The van der Waals surface area contributed by atoms with Gasteiger partial charge in [-0.1, -0.05) is 12.1 Å². The highest BCUT2D eigenvalue weighted by atomic mass is 19.1. The predicted octanol–water partition coefficient (Wildman–Crippen LogP) is 1.96. The number of aromatic nitrogens is 3. The van der Waals surface area contributed by atoms with Gasteiger partial charge in [0, 0.05) is 24.1 Å². The number of benzene rings is 1. The third kappa shape index (κ3) is 3.23. The van der Waals surface area contributed by atoms with Crippen LogP contribution in [-0.4, -0.2) is 33.5 Å². The molecule has 2 N–H and O–H groups in total. The van der Waals surface area contributed by atoms with E-state index in [4.69, 9.17) is 5.73 Å². The maximum absolute atomic E-state index is 13.3. The number of nitrogens with two attached hydrogens (primary N) is 1. The molecule has 3 rings (SSSR count). The highest BCUT2D eigenvalue weighted by molar-refractivity contribution is 5.93. The smallest absolute Gasteiger partial charge is 0.358 e. The lowest BCUT2D eigenvalue weighted by molar-refractivity contribution is 0.0594. The minimum atomic E-state index is -0.796. The molecule has 0 radical (unpaired) electrons. The summed E-state index contributed by atoms with van der Waals surface area (Å²) in [6.07, 6.45) is 2.72. The van der Waals surface area contributed by atoms with Crippen molar-refractivity contribution in [2.24, 2.45) is 5.73 Å². The number of imidazole rings is 1. The Hall–Kier alpha value is -3.55. The topological polar surface area (TPSA) is 100 Å². The standard InChI is InChI=1S/C17H13FN4O3/c1-25-17(24)13-9-22(16(21-13)15(19)23)12-4-2-3-10(7-12)11-5-6-20-14(18)8-11/h2-9H,1H3,(H2,19,23). The number of carbonyl (C=O) groups excluding carboxylic acids is 2. The van der Waals surface area contributed by atoms with Gasteiger partial charge >= 0.3 is 5.97 Å². The van der Waals surface area contributed by atoms with Gasteiger partial charge in [0.1, 0.15) is 0 Å². The van der Waals surface area contributed by atoms with Crippen molar-refractivity contribution in [2.45, 2.75) is 0 Å². The van der Waals surface area contributed by atoms with Gasteiger partial charge < -0.3 is 10.5 Å². The van der Waals surface area contributed by atoms with Gasteiger partial charge in [0.2, 0.25) is 11.8 Å². The molecule has 8 heteroatoms. The molecule has 1 amide bonds. The second kappa shape index (κ2) is 6.52. The minimum Gasteiger partial charge on any atom is -0.464 e. The van der Waals surface area contributed by atoms with Gasteiger partial charge in [-0.3, -0.25) is 9.36 Å². The van der Waals surface area contributed by atoms with E-state index in [0.717, 1.165) is 0 Å². The van der Waals surface area contributed by atoms with Crippen LogP contribution < -0.4 is 5.73 Å². The summed E-state index contributed by atoms with van der Waals surface area (Å²) >= 11 is 0. The van der Waals surface area contributed by atoms with Crippen LogP contribution >= 0.6 is 0 Å². The molecular formula is C17H13FN4O3. The monoisotopic (exact) mass is 340 g/mol. The zero-order valence-corrected chi connectivity index (χ0v) is 13.1. The molecule has 25 heavy (non-hydrogen) atoms. The molecule has 0 aliphatic heterocycles. The number of pyridine rings is 1. The molecular weight excluding hydrogens is 327 g/mol. The van der Waals surface area contributed by atoms with Crippen LogP contribution in [0.2, 0.25) is 0 Å². The zero-order chi connectivity index (χ0) is 18.0. The van der Waals surface area contributed by atoms with E-state index in [1.165, 1.54) is 30.1 Å². The van der Waals surface area contributed by atoms with E-state index >= 15 is 0 Å². The number of nitrogens with zero attached hydrogens (tertiary/aromatic N) is 3. The van der Waals surface area contributed by atoms with Crippen LogP contribution in [-0.2, 0) is 4.74 Å². The second-order valence-corrected chi connectivity index (χ2v) is 5.09. The molecule has 1 aromatic carbocycles. The first kappa shape index (κ1) is 16.3. The van der Waals surface area contributed by atoms with Crippen molar-refractivity contribution in [1.82, 2.24) is 14.5 Å². The van der Waals surface area contributed by atoms with Gasteiger partial charge in [0.05, 0.1) is 7.11 Å². The fourth-order valence-electron chi connectivity index (χ4n) is 2.37. The Morgan fingerprint density at radius 2 is 1.96 bits per heavy atom. The number of ether oxygens (including phenoxy) is 1. The normalized spacial score (nSPS) is 10.5. The molecule has 2 heterocycles. The van der Waals surface area contributed by atoms with Crippen LogP contribution in [0.15, 0.2) is 48.8 Å². The van der Waals surface area contributed by atoms with Crippen molar-refractivity contribution in [1.29, 1.82) is 0 Å². The van der Waals surface area contributed by atoms with E-state index in [-0.39, 0.29) is 11.5 Å². The number of hydrogen-bond donors (Lipinski definition) is 1. The van der Waals surface area contributed by atoms with E-state index in [0.29, 0.717) is 16.8 Å². The van der Waals surface area contributed by atoms with Crippen LogP contribution in [0.25, 0.3) is 16.8 Å². The number of esters is 1. The molecule has 0 saturated heterocycles. The minimum absolute atomic E-state index is 0.0448. The molecule has 0 bridgehead atoms. The van der Waals surface area contributed by atoms with Crippen molar-refractivity contribution in [2.75, 3.05) is 7.11 Å². The van der Waals surface area contributed by atoms with E-state index < -0.39 is 17.8 Å². The summed E-state index contributed by atoms with van der Waals surface area (Å²) in [5.74, 6) is -2.20. The van der Waals surface area contributed by atoms with Gasteiger partial charge in [-0.25, -0.2) is 14.8 Å². The Bertz CT molecular complexity index is 968. The van der Waals surface area contributed by atoms with Crippen LogP contribution in [0.1, 0.15) is 21.1 Å². The van der Waals surface area contributed by atoms with Crippen molar-refractivity contribution < 1.29 is 18.7 Å². The van der Waals surface area contributed by atoms with Crippen LogP contribution in [0, 0.1) is 5.95 Å². The molecule has 0 atom stereocenters. The lowest BCUT2D eigenvalue weighted by atomic mass is 10.1. The molecule has 0 aliphatic carbocycles. The maximum Gasteiger partial charge on any atom is 0.358 e. The number of halogens is 1. The number of rotatable bonds is 4. The molecule has 0 aliphatic rings. The van der Waals surface area contributed by atoms with E-state index in [1.54, 1.807) is 30.3 Å². The van der Waals surface area contributed by atoms with Crippen molar-refractivity contribution in [3.63, 3.8) is 0 Å². The summed E-state index contributed by atoms with van der Waals surface area (Å²) < 4.78 is 19.3. The number of methoxy groups -OCH3 is 1. The first-order valence-electron chi connectivity index (χ1n) is 7.19. The fraction of sp³-hybridized carbons (Fsp3) is 0.0588. The molecule has 126 valence electrons. The third-order valence-electron chi connectivity index (χ3n) is 3.51. The lowest BCUT2D eigenvalue weighted by Gasteiger charge is -2.08. The number of amides is 1. The Kier molecular flexibility index (Phi) is 4.25. The largest absolute Gasteiger partial charge is 0.464 e. The lowest BCUT2D eigenvalue weighted by Crippen LogP contribution is -2.17. The SMILES string of the molecule is COC(=O)c1cn(-c2cccc(-c3ccnc(F)c3)c2)c(C(N)=O)n1. The molecule has 0 unspecified atom stereocenters.